The molecule has 1 aromatic carbocycles. The molecule has 19 heavy (non-hydrogen) atoms. The quantitative estimate of drug-likeness (QED) is 0.847. The minimum Gasteiger partial charge on any atom is -0.496 e. The number of benzene rings is 1. The number of rotatable bonds is 6. The third-order valence-corrected chi connectivity index (χ3v) is 3.27. The van der Waals surface area contributed by atoms with Crippen LogP contribution in [0.3, 0.4) is 0 Å². The van der Waals surface area contributed by atoms with E-state index in [-0.39, 0.29) is 12.3 Å². The summed E-state index contributed by atoms with van der Waals surface area (Å²) in [4.78, 5) is 11.1. The highest BCUT2D eigenvalue weighted by molar-refractivity contribution is 5.68. The molecule has 1 N–H and O–H groups in total. The maximum Gasteiger partial charge on any atom is 0.303 e. The van der Waals surface area contributed by atoms with E-state index in [0.717, 1.165) is 28.9 Å². The molecule has 1 atom stereocenters. The van der Waals surface area contributed by atoms with Crippen molar-refractivity contribution in [2.75, 3.05) is 7.11 Å². The third kappa shape index (κ3) is 4.27. The van der Waals surface area contributed by atoms with E-state index in [0.29, 0.717) is 5.92 Å². The Morgan fingerprint density at radius 1 is 1.32 bits per heavy atom. The summed E-state index contributed by atoms with van der Waals surface area (Å²) in [5.41, 5.74) is 3.24. The lowest BCUT2D eigenvalue weighted by molar-refractivity contribution is -0.137. The Balaban J connectivity index is 3.23. The monoisotopic (exact) mass is 264 g/mol. The molecule has 0 saturated heterocycles. The van der Waals surface area contributed by atoms with Gasteiger partial charge in [0.1, 0.15) is 5.75 Å². The van der Waals surface area contributed by atoms with Crippen LogP contribution in [0.4, 0.5) is 0 Å². The van der Waals surface area contributed by atoms with Crippen molar-refractivity contribution in [3.8, 4) is 5.75 Å². The second-order valence-electron chi connectivity index (χ2n) is 5.63. The fourth-order valence-electron chi connectivity index (χ4n) is 2.67. The topological polar surface area (TPSA) is 46.5 Å². The van der Waals surface area contributed by atoms with Crippen LogP contribution in [0.1, 0.15) is 49.3 Å². The first-order valence-electron chi connectivity index (χ1n) is 6.72. The summed E-state index contributed by atoms with van der Waals surface area (Å²) >= 11 is 0. The molecule has 0 saturated carbocycles. The molecule has 1 rings (SSSR count). The zero-order valence-electron chi connectivity index (χ0n) is 12.5. The lowest BCUT2D eigenvalue weighted by Gasteiger charge is -2.22. The van der Waals surface area contributed by atoms with Gasteiger partial charge in [0.2, 0.25) is 0 Å². The maximum atomic E-state index is 11.1. The molecule has 0 radical (unpaired) electrons. The number of carbonyl (C=O) groups is 1. The average molecular weight is 264 g/mol. The average Bonchev–Trinajstić information content (AvgIpc) is 2.25. The first kappa shape index (κ1) is 15.5. The number of methoxy groups -OCH3 is 1. The molecule has 0 aliphatic carbocycles. The number of hydrogen-bond acceptors (Lipinski definition) is 2. The molecule has 0 spiro atoms. The minimum absolute atomic E-state index is 0.00560. The SMILES string of the molecule is COc1c(C)cc(C)cc1C(CC(=O)O)CC(C)C. The largest absolute Gasteiger partial charge is 0.496 e. The van der Waals surface area contributed by atoms with Gasteiger partial charge in [0.25, 0.3) is 0 Å². The van der Waals surface area contributed by atoms with Crippen molar-refractivity contribution < 1.29 is 14.6 Å². The van der Waals surface area contributed by atoms with E-state index < -0.39 is 5.97 Å². The van der Waals surface area contributed by atoms with E-state index in [9.17, 15) is 4.79 Å². The van der Waals surface area contributed by atoms with Gasteiger partial charge in [0.05, 0.1) is 13.5 Å². The first-order valence-corrected chi connectivity index (χ1v) is 6.72. The Bertz CT molecular complexity index is 450. The van der Waals surface area contributed by atoms with Crippen LogP contribution in [0.25, 0.3) is 0 Å². The van der Waals surface area contributed by atoms with Crippen LogP contribution in [0.15, 0.2) is 12.1 Å². The predicted octanol–water partition coefficient (Wildman–Crippen LogP) is 3.92. The molecule has 0 aliphatic heterocycles. The molecule has 3 nitrogen and oxygen atoms in total. The standard InChI is InChI=1S/C16H24O3/c1-10(2)6-13(9-15(17)18)14-8-11(3)7-12(4)16(14)19-5/h7-8,10,13H,6,9H2,1-5H3,(H,17,18). The van der Waals surface area contributed by atoms with E-state index >= 15 is 0 Å². The van der Waals surface area contributed by atoms with E-state index in [1.807, 2.05) is 13.8 Å². The highest BCUT2D eigenvalue weighted by Crippen LogP contribution is 2.36. The second kappa shape index (κ2) is 6.60. The summed E-state index contributed by atoms with van der Waals surface area (Å²) in [6, 6.07) is 4.12. The van der Waals surface area contributed by atoms with Crippen LogP contribution in [-0.4, -0.2) is 18.2 Å². The zero-order valence-corrected chi connectivity index (χ0v) is 12.5. The van der Waals surface area contributed by atoms with Gasteiger partial charge in [0, 0.05) is 0 Å². The predicted molar refractivity (Wildman–Crippen MR) is 76.9 cm³/mol. The third-order valence-electron chi connectivity index (χ3n) is 3.27. The van der Waals surface area contributed by atoms with Gasteiger partial charge >= 0.3 is 5.97 Å². The summed E-state index contributed by atoms with van der Waals surface area (Å²) in [5, 5.41) is 9.12. The van der Waals surface area contributed by atoms with Gasteiger partial charge in [-0.2, -0.15) is 0 Å². The number of ether oxygens (including phenoxy) is 1. The second-order valence-corrected chi connectivity index (χ2v) is 5.63. The Labute approximate surface area is 115 Å². The van der Waals surface area contributed by atoms with Crippen LogP contribution in [-0.2, 0) is 4.79 Å². The summed E-state index contributed by atoms with van der Waals surface area (Å²) in [6.45, 7) is 8.26. The van der Waals surface area contributed by atoms with Crippen LogP contribution < -0.4 is 4.74 Å². The Hall–Kier alpha value is -1.51. The summed E-state index contributed by atoms with van der Waals surface area (Å²) in [6.07, 6.45) is 1.00. The van der Waals surface area contributed by atoms with Crippen molar-refractivity contribution in [1.29, 1.82) is 0 Å². The first-order chi connectivity index (χ1) is 8.85. The fourth-order valence-corrected chi connectivity index (χ4v) is 2.67. The van der Waals surface area contributed by atoms with Gasteiger partial charge in [0.15, 0.2) is 0 Å². The van der Waals surface area contributed by atoms with E-state index in [2.05, 4.69) is 26.0 Å². The molecule has 0 heterocycles. The molecular formula is C16H24O3. The molecule has 0 bridgehead atoms. The van der Waals surface area contributed by atoms with E-state index in [4.69, 9.17) is 9.84 Å². The lowest BCUT2D eigenvalue weighted by Crippen LogP contribution is -2.11. The molecule has 1 aromatic rings. The van der Waals surface area contributed by atoms with Gasteiger partial charge < -0.3 is 9.84 Å². The van der Waals surface area contributed by atoms with Gasteiger partial charge in [-0.15, -0.1) is 0 Å². The van der Waals surface area contributed by atoms with Gasteiger partial charge in [-0.25, -0.2) is 0 Å². The van der Waals surface area contributed by atoms with Gasteiger partial charge in [-0.1, -0.05) is 31.5 Å². The fraction of sp³-hybridized carbons (Fsp3) is 0.562. The van der Waals surface area contributed by atoms with E-state index in [1.54, 1.807) is 7.11 Å². The lowest BCUT2D eigenvalue weighted by atomic mass is 9.85. The zero-order chi connectivity index (χ0) is 14.6. The Morgan fingerprint density at radius 3 is 2.42 bits per heavy atom. The van der Waals surface area contributed by atoms with Crippen LogP contribution in [0, 0.1) is 19.8 Å². The Kier molecular flexibility index (Phi) is 5.40. The molecule has 1 unspecified atom stereocenters. The number of carboxylic acids is 1. The number of carboxylic acid groups (broad SMARTS) is 1. The maximum absolute atomic E-state index is 11.1. The molecular weight excluding hydrogens is 240 g/mol. The Morgan fingerprint density at radius 2 is 1.95 bits per heavy atom. The van der Waals surface area contributed by atoms with Crippen molar-refractivity contribution in [3.05, 3.63) is 28.8 Å². The van der Waals surface area contributed by atoms with Crippen molar-refractivity contribution in [1.82, 2.24) is 0 Å². The van der Waals surface area contributed by atoms with E-state index in [1.165, 1.54) is 0 Å². The van der Waals surface area contributed by atoms with Crippen molar-refractivity contribution in [3.63, 3.8) is 0 Å². The molecule has 0 aromatic heterocycles. The minimum atomic E-state index is -0.758. The summed E-state index contributed by atoms with van der Waals surface area (Å²) in [5.74, 6) is 0.533. The van der Waals surface area contributed by atoms with Gasteiger partial charge in [-0.3, -0.25) is 4.79 Å². The molecule has 0 fully saturated rings. The van der Waals surface area contributed by atoms with Crippen molar-refractivity contribution in [2.24, 2.45) is 5.92 Å². The smallest absolute Gasteiger partial charge is 0.303 e. The molecule has 106 valence electrons. The van der Waals surface area contributed by atoms with Gasteiger partial charge in [-0.05, 0) is 43.2 Å². The normalized spacial score (nSPS) is 12.5. The highest BCUT2D eigenvalue weighted by atomic mass is 16.5. The summed E-state index contributed by atoms with van der Waals surface area (Å²) < 4.78 is 5.48. The van der Waals surface area contributed by atoms with Crippen molar-refractivity contribution in [2.45, 2.75) is 46.5 Å². The van der Waals surface area contributed by atoms with Crippen LogP contribution in [0.5, 0.6) is 5.75 Å². The molecule has 0 amide bonds. The molecule has 0 aliphatic rings. The molecule has 3 heteroatoms. The van der Waals surface area contributed by atoms with Crippen LogP contribution >= 0.6 is 0 Å². The number of aliphatic carboxylic acids is 1. The van der Waals surface area contributed by atoms with Crippen LogP contribution in [0.2, 0.25) is 0 Å². The van der Waals surface area contributed by atoms with Crippen molar-refractivity contribution >= 4 is 5.97 Å². The number of hydrogen-bond donors (Lipinski definition) is 1. The highest BCUT2D eigenvalue weighted by Gasteiger charge is 2.22. The summed E-state index contributed by atoms with van der Waals surface area (Å²) in [7, 11) is 1.65. The number of aryl methyl sites for hydroxylation is 2.